The van der Waals surface area contributed by atoms with Gasteiger partial charge < -0.3 is 10.3 Å². The molecular formula is C10H17N3S. The first-order valence-corrected chi connectivity index (χ1v) is 6.29. The van der Waals surface area contributed by atoms with E-state index in [9.17, 15) is 0 Å². The highest BCUT2D eigenvalue weighted by Gasteiger charge is 2.32. The van der Waals surface area contributed by atoms with Gasteiger partial charge in [0.1, 0.15) is 0 Å². The fourth-order valence-corrected chi connectivity index (χ4v) is 3.20. The Balaban J connectivity index is 2.27. The first kappa shape index (κ1) is 10.1. The quantitative estimate of drug-likeness (QED) is 0.808. The lowest BCUT2D eigenvalue weighted by Gasteiger charge is -2.33. The van der Waals surface area contributed by atoms with Gasteiger partial charge in [-0.2, -0.15) is 11.8 Å². The van der Waals surface area contributed by atoms with Gasteiger partial charge >= 0.3 is 0 Å². The fraction of sp³-hybridized carbons (Fsp3) is 0.700. The number of thioether (sulfide) groups is 1. The third kappa shape index (κ3) is 1.68. The number of aryl methyl sites for hydroxylation is 1. The fourth-order valence-electron chi connectivity index (χ4n) is 1.98. The molecule has 2 N–H and O–H groups in total. The van der Waals surface area contributed by atoms with Gasteiger partial charge in [0.05, 0.1) is 23.8 Å². The molecule has 0 aromatic carbocycles. The summed E-state index contributed by atoms with van der Waals surface area (Å²) in [5.74, 6) is 2.34. The SMILES string of the molecule is CCn1cncc1C1(N)CCSCC1. The molecule has 1 aromatic rings. The van der Waals surface area contributed by atoms with Crippen LogP contribution in [0.3, 0.4) is 0 Å². The number of hydrogen-bond acceptors (Lipinski definition) is 3. The summed E-state index contributed by atoms with van der Waals surface area (Å²) in [6.07, 6.45) is 5.96. The van der Waals surface area contributed by atoms with Crippen LogP contribution < -0.4 is 5.73 Å². The van der Waals surface area contributed by atoms with Crippen LogP contribution in [-0.2, 0) is 12.1 Å². The van der Waals surface area contributed by atoms with Gasteiger partial charge in [0.15, 0.2) is 0 Å². The smallest absolute Gasteiger partial charge is 0.0948 e. The van der Waals surface area contributed by atoms with Crippen LogP contribution in [0.1, 0.15) is 25.5 Å². The van der Waals surface area contributed by atoms with Gasteiger partial charge in [-0.3, -0.25) is 0 Å². The zero-order chi connectivity index (χ0) is 10.0. The van der Waals surface area contributed by atoms with E-state index < -0.39 is 0 Å². The minimum Gasteiger partial charge on any atom is -0.333 e. The van der Waals surface area contributed by atoms with Crippen molar-refractivity contribution in [2.45, 2.75) is 31.8 Å². The van der Waals surface area contributed by atoms with E-state index in [-0.39, 0.29) is 5.54 Å². The van der Waals surface area contributed by atoms with Crippen molar-refractivity contribution in [3.63, 3.8) is 0 Å². The van der Waals surface area contributed by atoms with Crippen LogP contribution in [0.5, 0.6) is 0 Å². The maximum absolute atomic E-state index is 6.43. The molecule has 2 heterocycles. The molecule has 0 aliphatic carbocycles. The second-order valence-electron chi connectivity index (χ2n) is 3.83. The summed E-state index contributed by atoms with van der Waals surface area (Å²) in [5.41, 5.74) is 7.51. The largest absolute Gasteiger partial charge is 0.333 e. The Morgan fingerprint density at radius 2 is 2.29 bits per heavy atom. The van der Waals surface area contributed by atoms with Gasteiger partial charge in [0.2, 0.25) is 0 Å². The van der Waals surface area contributed by atoms with E-state index >= 15 is 0 Å². The van der Waals surface area contributed by atoms with Gasteiger partial charge in [-0.25, -0.2) is 4.98 Å². The lowest BCUT2D eigenvalue weighted by atomic mass is 9.90. The number of nitrogens with two attached hydrogens (primary N) is 1. The third-order valence-corrected chi connectivity index (χ3v) is 3.93. The molecule has 0 saturated carbocycles. The zero-order valence-corrected chi connectivity index (χ0v) is 9.39. The highest BCUT2D eigenvalue weighted by Crippen LogP contribution is 2.33. The van der Waals surface area contributed by atoms with Gasteiger partial charge in [0.25, 0.3) is 0 Å². The van der Waals surface area contributed by atoms with Crippen LogP contribution in [0.4, 0.5) is 0 Å². The number of imidazole rings is 1. The van der Waals surface area contributed by atoms with Gasteiger partial charge in [0, 0.05) is 6.54 Å². The van der Waals surface area contributed by atoms with Crippen molar-refractivity contribution in [1.29, 1.82) is 0 Å². The molecule has 0 atom stereocenters. The summed E-state index contributed by atoms with van der Waals surface area (Å²) in [6, 6.07) is 0. The first-order chi connectivity index (χ1) is 6.76. The molecule has 1 aliphatic heterocycles. The molecule has 4 heteroatoms. The second kappa shape index (κ2) is 3.95. The molecule has 0 spiro atoms. The summed E-state index contributed by atoms with van der Waals surface area (Å²) in [4.78, 5) is 4.19. The summed E-state index contributed by atoms with van der Waals surface area (Å²) in [7, 11) is 0. The first-order valence-electron chi connectivity index (χ1n) is 5.13. The molecule has 1 fully saturated rings. The third-order valence-electron chi connectivity index (χ3n) is 2.95. The lowest BCUT2D eigenvalue weighted by Crippen LogP contribution is -2.41. The van der Waals surface area contributed by atoms with Gasteiger partial charge in [-0.1, -0.05) is 0 Å². The number of rotatable bonds is 2. The molecule has 1 saturated heterocycles. The topological polar surface area (TPSA) is 43.8 Å². The molecule has 1 aromatic heterocycles. The number of aromatic nitrogens is 2. The molecule has 2 rings (SSSR count). The Morgan fingerprint density at radius 1 is 1.57 bits per heavy atom. The Bertz CT molecular complexity index is 302. The molecule has 14 heavy (non-hydrogen) atoms. The molecule has 3 nitrogen and oxygen atoms in total. The van der Waals surface area contributed by atoms with E-state index in [2.05, 4.69) is 16.5 Å². The van der Waals surface area contributed by atoms with Crippen molar-refractivity contribution in [1.82, 2.24) is 9.55 Å². The molecular weight excluding hydrogens is 194 g/mol. The van der Waals surface area contributed by atoms with Crippen molar-refractivity contribution in [2.24, 2.45) is 5.73 Å². The second-order valence-corrected chi connectivity index (χ2v) is 5.06. The van der Waals surface area contributed by atoms with Crippen LogP contribution in [-0.4, -0.2) is 21.1 Å². The normalized spacial score (nSPS) is 21.0. The van der Waals surface area contributed by atoms with Crippen LogP contribution in [0.25, 0.3) is 0 Å². The summed E-state index contributed by atoms with van der Waals surface area (Å²) >= 11 is 2.00. The summed E-state index contributed by atoms with van der Waals surface area (Å²) < 4.78 is 2.16. The Hall–Kier alpha value is -0.480. The van der Waals surface area contributed by atoms with E-state index in [1.165, 1.54) is 17.2 Å². The molecule has 1 aliphatic rings. The standard InChI is InChI=1S/C10H17N3S/c1-2-13-8-12-7-9(13)10(11)3-5-14-6-4-10/h7-8H,2-6,11H2,1H3. The van der Waals surface area contributed by atoms with E-state index in [0.29, 0.717) is 0 Å². The highest BCUT2D eigenvalue weighted by molar-refractivity contribution is 7.99. The van der Waals surface area contributed by atoms with Crippen molar-refractivity contribution < 1.29 is 0 Å². The van der Waals surface area contributed by atoms with E-state index in [1.807, 2.05) is 24.3 Å². The maximum atomic E-state index is 6.43. The summed E-state index contributed by atoms with van der Waals surface area (Å²) in [6.45, 7) is 3.09. The maximum Gasteiger partial charge on any atom is 0.0948 e. The minimum absolute atomic E-state index is 0.127. The van der Waals surface area contributed by atoms with Crippen molar-refractivity contribution in [3.8, 4) is 0 Å². The molecule has 0 unspecified atom stereocenters. The average Bonchev–Trinajstić information content (AvgIpc) is 2.67. The lowest BCUT2D eigenvalue weighted by molar-refractivity contribution is 0.382. The monoisotopic (exact) mass is 211 g/mol. The number of nitrogens with zero attached hydrogens (tertiary/aromatic N) is 2. The number of hydrogen-bond donors (Lipinski definition) is 1. The Morgan fingerprint density at radius 3 is 2.93 bits per heavy atom. The zero-order valence-electron chi connectivity index (χ0n) is 8.57. The predicted octanol–water partition coefficient (Wildman–Crippen LogP) is 1.58. The molecule has 0 bridgehead atoms. The van der Waals surface area contributed by atoms with Gasteiger partial charge in [-0.05, 0) is 31.3 Å². The van der Waals surface area contributed by atoms with Crippen LogP contribution in [0.2, 0.25) is 0 Å². The molecule has 0 radical (unpaired) electrons. The van der Waals surface area contributed by atoms with Gasteiger partial charge in [-0.15, -0.1) is 0 Å². The van der Waals surface area contributed by atoms with Crippen LogP contribution in [0, 0.1) is 0 Å². The van der Waals surface area contributed by atoms with E-state index in [1.54, 1.807) is 0 Å². The van der Waals surface area contributed by atoms with Crippen molar-refractivity contribution in [2.75, 3.05) is 11.5 Å². The molecule has 78 valence electrons. The predicted molar refractivity (Wildman–Crippen MR) is 60.3 cm³/mol. The van der Waals surface area contributed by atoms with E-state index in [4.69, 9.17) is 5.73 Å². The molecule has 0 amide bonds. The highest BCUT2D eigenvalue weighted by atomic mass is 32.2. The summed E-state index contributed by atoms with van der Waals surface area (Å²) in [5, 5.41) is 0. The minimum atomic E-state index is -0.127. The van der Waals surface area contributed by atoms with Crippen LogP contribution >= 0.6 is 11.8 Å². The van der Waals surface area contributed by atoms with Crippen molar-refractivity contribution in [3.05, 3.63) is 18.2 Å². The van der Waals surface area contributed by atoms with Crippen LogP contribution in [0.15, 0.2) is 12.5 Å². The van der Waals surface area contributed by atoms with E-state index in [0.717, 1.165) is 19.4 Å². The Kier molecular flexibility index (Phi) is 2.83. The Labute approximate surface area is 89.1 Å². The average molecular weight is 211 g/mol. The van der Waals surface area contributed by atoms with Crippen molar-refractivity contribution >= 4 is 11.8 Å².